The van der Waals surface area contributed by atoms with Crippen molar-refractivity contribution in [3.63, 3.8) is 0 Å². The Hall–Kier alpha value is -2.58. The molecule has 7 nitrogen and oxygen atoms in total. The van der Waals surface area contributed by atoms with E-state index in [2.05, 4.69) is 10.4 Å². The highest BCUT2D eigenvalue weighted by atomic mass is 35.5. The monoisotopic (exact) mass is 433 g/mol. The van der Waals surface area contributed by atoms with Gasteiger partial charge < -0.3 is 10.1 Å². The Bertz CT molecular complexity index is 1190. The molecule has 1 atom stereocenters. The summed E-state index contributed by atoms with van der Waals surface area (Å²) in [6.45, 7) is 1.60. The quantitative estimate of drug-likeness (QED) is 0.666. The van der Waals surface area contributed by atoms with Crippen LogP contribution in [0.3, 0.4) is 0 Å². The van der Waals surface area contributed by atoms with Gasteiger partial charge in [-0.1, -0.05) is 35.9 Å². The van der Waals surface area contributed by atoms with Gasteiger partial charge in [0.1, 0.15) is 11.6 Å². The second-order valence-corrected chi connectivity index (χ2v) is 9.74. The number of rotatable bonds is 5. The number of ether oxygens (including phenoxy) is 1. The SMILES string of the molecule is Cc1cc(NC(=O)COc2ccc(Cl)c3ccccc23)n([C@@H]2CCS(=O)(=O)C2)n1. The van der Waals surface area contributed by atoms with Gasteiger partial charge in [0, 0.05) is 21.9 Å². The van der Waals surface area contributed by atoms with E-state index < -0.39 is 9.84 Å². The summed E-state index contributed by atoms with van der Waals surface area (Å²) >= 11 is 6.21. The minimum Gasteiger partial charge on any atom is -0.483 e. The topological polar surface area (TPSA) is 90.3 Å². The van der Waals surface area contributed by atoms with Crippen molar-refractivity contribution in [2.24, 2.45) is 0 Å². The molecule has 29 heavy (non-hydrogen) atoms. The third-order valence-electron chi connectivity index (χ3n) is 4.87. The Kier molecular flexibility index (Phi) is 5.23. The van der Waals surface area contributed by atoms with Crippen LogP contribution in [0.2, 0.25) is 5.02 Å². The summed E-state index contributed by atoms with van der Waals surface area (Å²) in [5.74, 6) is 0.845. The number of aryl methyl sites for hydroxylation is 1. The molecule has 1 aromatic heterocycles. The van der Waals surface area contributed by atoms with Crippen LogP contribution in [-0.4, -0.2) is 42.2 Å². The molecule has 1 amide bonds. The van der Waals surface area contributed by atoms with Crippen molar-refractivity contribution in [2.45, 2.75) is 19.4 Å². The maximum atomic E-state index is 12.5. The number of fused-ring (bicyclic) bond motifs is 1. The fourth-order valence-electron chi connectivity index (χ4n) is 3.54. The molecular formula is C20H20ClN3O4S. The number of sulfone groups is 1. The lowest BCUT2D eigenvalue weighted by molar-refractivity contribution is -0.118. The van der Waals surface area contributed by atoms with Crippen molar-refractivity contribution in [1.29, 1.82) is 0 Å². The molecule has 1 aliphatic rings. The molecule has 0 unspecified atom stereocenters. The van der Waals surface area contributed by atoms with Crippen LogP contribution in [0.5, 0.6) is 5.75 Å². The number of carbonyl (C=O) groups excluding carboxylic acids is 1. The Labute approximate surface area is 173 Å². The van der Waals surface area contributed by atoms with E-state index in [9.17, 15) is 13.2 Å². The molecule has 4 rings (SSSR count). The van der Waals surface area contributed by atoms with Gasteiger partial charge in [0.25, 0.3) is 5.91 Å². The number of halogens is 1. The van der Waals surface area contributed by atoms with E-state index in [1.807, 2.05) is 24.3 Å². The first-order valence-corrected chi connectivity index (χ1v) is 11.4. The van der Waals surface area contributed by atoms with Gasteiger partial charge in [-0.2, -0.15) is 5.10 Å². The molecule has 1 N–H and O–H groups in total. The third kappa shape index (κ3) is 4.23. The van der Waals surface area contributed by atoms with Crippen LogP contribution in [0, 0.1) is 6.92 Å². The van der Waals surface area contributed by atoms with Gasteiger partial charge in [-0.05, 0) is 25.5 Å². The highest BCUT2D eigenvalue weighted by Crippen LogP contribution is 2.31. The van der Waals surface area contributed by atoms with E-state index in [4.69, 9.17) is 16.3 Å². The minimum atomic E-state index is -3.06. The van der Waals surface area contributed by atoms with Crippen molar-refractivity contribution in [1.82, 2.24) is 9.78 Å². The average Bonchev–Trinajstić information content (AvgIpc) is 3.22. The summed E-state index contributed by atoms with van der Waals surface area (Å²) in [4.78, 5) is 12.5. The lowest BCUT2D eigenvalue weighted by atomic mass is 10.1. The summed E-state index contributed by atoms with van der Waals surface area (Å²) in [7, 11) is -3.06. The van der Waals surface area contributed by atoms with Crippen LogP contribution in [0.25, 0.3) is 10.8 Å². The van der Waals surface area contributed by atoms with E-state index in [0.717, 1.165) is 10.8 Å². The zero-order chi connectivity index (χ0) is 20.6. The Balaban J connectivity index is 1.47. The van der Waals surface area contributed by atoms with Crippen LogP contribution < -0.4 is 10.1 Å². The Morgan fingerprint density at radius 3 is 2.76 bits per heavy atom. The van der Waals surface area contributed by atoms with Crippen molar-refractivity contribution < 1.29 is 17.9 Å². The number of anilines is 1. The fraction of sp³-hybridized carbons (Fsp3) is 0.300. The maximum Gasteiger partial charge on any atom is 0.263 e. The van der Waals surface area contributed by atoms with E-state index in [1.165, 1.54) is 0 Å². The smallest absolute Gasteiger partial charge is 0.263 e. The molecule has 2 aromatic carbocycles. The molecule has 3 aromatic rings. The highest BCUT2D eigenvalue weighted by Gasteiger charge is 2.31. The van der Waals surface area contributed by atoms with Crippen molar-refractivity contribution in [3.05, 3.63) is 53.2 Å². The van der Waals surface area contributed by atoms with Gasteiger partial charge in [0.15, 0.2) is 16.4 Å². The summed E-state index contributed by atoms with van der Waals surface area (Å²) in [5.41, 5.74) is 0.703. The van der Waals surface area contributed by atoms with Gasteiger partial charge in [-0.3, -0.25) is 4.79 Å². The van der Waals surface area contributed by atoms with Gasteiger partial charge in [0.2, 0.25) is 0 Å². The number of aromatic nitrogens is 2. The molecule has 0 radical (unpaired) electrons. The Morgan fingerprint density at radius 2 is 2.03 bits per heavy atom. The summed E-state index contributed by atoms with van der Waals surface area (Å²) in [6, 6.07) is 12.5. The number of benzene rings is 2. The predicted octanol–water partition coefficient (Wildman–Crippen LogP) is 3.38. The molecule has 0 aliphatic carbocycles. The second-order valence-electron chi connectivity index (χ2n) is 7.10. The molecule has 2 heterocycles. The van der Waals surface area contributed by atoms with Crippen LogP contribution in [0.4, 0.5) is 5.82 Å². The molecule has 152 valence electrons. The fourth-order valence-corrected chi connectivity index (χ4v) is 5.46. The van der Waals surface area contributed by atoms with Gasteiger partial charge >= 0.3 is 0 Å². The zero-order valence-corrected chi connectivity index (χ0v) is 17.3. The lowest BCUT2D eigenvalue weighted by Gasteiger charge is -2.14. The van der Waals surface area contributed by atoms with Crippen molar-refractivity contribution in [2.75, 3.05) is 23.4 Å². The van der Waals surface area contributed by atoms with Crippen LogP contribution in [-0.2, 0) is 14.6 Å². The first kappa shape index (κ1) is 19.7. The molecule has 1 saturated heterocycles. The number of carbonyl (C=O) groups is 1. The molecule has 0 bridgehead atoms. The summed E-state index contributed by atoms with van der Waals surface area (Å²) in [5, 5.41) is 9.43. The third-order valence-corrected chi connectivity index (χ3v) is 6.95. The van der Waals surface area contributed by atoms with E-state index in [-0.39, 0.29) is 30.1 Å². The minimum absolute atomic E-state index is 0.0320. The molecular weight excluding hydrogens is 414 g/mol. The normalized spacial score (nSPS) is 18.1. The number of nitrogens with zero attached hydrogens (tertiary/aromatic N) is 2. The standard InChI is InChI=1S/C20H20ClN3O4S/c1-13-10-19(24(23-13)14-8-9-29(26,27)12-14)22-20(25)11-28-18-7-6-17(21)15-4-2-3-5-16(15)18/h2-7,10,14H,8-9,11-12H2,1H3,(H,22,25)/t14-/m1/s1. The highest BCUT2D eigenvalue weighted by molar-refractivity contribution is 7.91. The largest absolute Gasteiger partial charge is 0.483 e. The van der Waals surface area contributed by atoms with Crippen molar-refractivity contribution >= 4 is 43.9 Å². The lowest BCUT2D eigenvalue weighted by Crippen LogP contribution is -2.23. The van der Waals surface area contributed by atoms with Gasteiger partial charge in [0.05, 0.1) is 23.2 Å². The number of amides is 1. The van der Waals surface area contributed by atoms with Crippen molar-refractivity contribution in [3.8, 4) is 5.75 Å². The second kappa shape index (κ2) is 7.68. The van der Waals surface area contributed by atoms with Crippen LogP contribution in [0.1, 0.15) is 18.2 Å². The molecule has 9 heteroatoms. The maximum absolute atomic E-state index is 12.5. The van der Waals surface area contributed by atoms with Crippen LogP contribution >= 0.6 is 11.6 Å². The molecule has 1 aliphatic heterocycles. The van der Waals surface area contributed by atoms with E-state index in [1.54, 1.807) is 29.8 Å². The average molecular weight is 434 g/mol. The van der Waals surface area contributed by atoms with E-state index in [0.29, 0.717) is 28.7 Å². The van der Waals surface area contributed by atoms with Gasteiger partial charge in [-0.15, -0.1) is 0 Å². The molecule has 0 spiro atoms. The van der Waals surface area contributed by atoms with Gasteiger partial charge in [-0.25, -0.2) is 13.1 Å². The number of hydrogen-bond acceptors (Lipinski definition) is 5. The molecule has 1 fully saturated rings. The zero-order valence-electron chi connectivity index (χ0n) is 15.8. The Morgan fingerprint density at radius 1 is 1.28 bits per heavy atom. The predicted molar refractivity (Wildman–Crippen MR) is 112 cm³/mol. The van der Waals surface area contributed by atoms with Crippen LogP contribution in [0.15, 0.2) is 42.5 Å². The first-order chi connectivity index (χ1) is 13.8. The number of nitrogens with one attached hydrogen (secondary N) is 1. The van der Waals surface area contributed by atoms with E-state index >= 15 is 0 Å². The summed E-state index contributed by atoms with van der Waals surface area (Å²) < 4.78 is 30.9. The first-order valence-electron chi connectivity index (χ1n) is 9.19. The summed E-state index contributed by atoms with van der Waals surface area (Å²) in [6.07, 6.45) is 0.486. The molecule has 0 saturated carbocycles. The number of hydrogen-bond donors (Lipinski definition) is 1.